The SMILES string of the molecule is CN(C)c1nc2ccccc2n(CCC(=O)Nc2ccc3c(c2)C(C)(C)C(=O)N3)c1=O. The van der Waals surface area contributed by atoms with Crippen LogP contribution in [0.3, 0.4) is 0 Å². The summed E-state index contributed by atoms with van der Waals surface area (Å²) in [6.45, 7) is 3.93. The molecule has 31 heavy (non-hydrogen) atoms. The maximum absolute atomic E-state index is 12.9. The van der Waals surface area contributed by atoms with Gasteiger partial charge >= 0.3 is 0 Å². The molecule has 0 saturated heterocycles. The van der Waals surface area contributed by atoms with Crippen molar-refractivity contribution in [2.24, 2.45) is 0 Å². The van der Waals surface area contributed by atoms with Crippen LogP contribution in [0, 0.1) is 0 Å². The number of nitrogens with one attached hydrogen (secondary N) is 2. The Balaban J connectivity index is 1.55. The number of amides is 2. The molecule has 2 heterocycles. The highest BCUT2D eigenvalue weighted by Crippen LogP contribution is 2.38. The smallest absolute Gasteiger partial charge is 0.293 e. The van der Waals surface area contributed by atoms with E-state index in [4.69, 9.17) is 0 Å². The van der Waals surface area contributed by atoms with Crippen molar-refractivity contribution >= 4 is 40.0 Å². The van der Waals surface area contributed by atoms with Crippen LogP contribution in [0.15, 0.2) is 47.3 Å². The van der Waals surface area contributed by atoms with Gasteiger partial charge in [0.2, 0.25) is 11.8 Å². The molecule has 0 spiro atoms. The molecule has 1 aliphatic rings. The molecule has 8 heteroatoms. The summed E-state index contributed by atoms with van der Waals surface area (Å²) in [6.07, 6.45) is 0.123. The van der Waals surface area contributed by atoms with E-state index in [0.29, 0.717) is 22.5 Å². The number of para-hydroxylation sites is 2. The van der Waals surface area contributed by atoms with Crippen molar-refractivity contribution in [1.29, 1.82) is 0 Å². The molecule has 3 aromatic rings. The van der Waals surface area contributed by atoms with Crippen molar-refractivity contribution in [1.82, 2.24) is 9.55 Å². The molecule has 2 amide bonds. The van der Waals surface area contributed by atoms with Gasteiger partial charge in [-0.25, -0.2) is 4.98 Å². The van der Waals surface area contributed by atoms with E-state index in [2.05, 4.69) is 15.6 Å². The van der Waals surface area contributed by atoms with Crippen LogP contribution in [-0.4, -0.2) is 35.5 Å². The lowest BCUT2D eigenvalue weighted by molar-refractivity contribution is -0.119. The Morgan fingerprint density at radius 1 is 1.16 bits per heavy atom. The van der Waals surface area contributed by atoms with Gasteiger partial charge in [0.15, 0.2) is 5.82 Å². The first-order valence-electron chi connectivity index (χ1n) is 10.1. The van der Waals surface area contributed by atoms with E-state index < -0.39 is 5.41 Å². The molecule has 0 unspecified atom stereocenters. The first-order valence-corrected chi connectivity index (χ1v) is 10.1. The van der Waals surface area contributed by atoms with Crippen molar-refractivity contribution in [3.05, 3.63) is 58.4 Å². The molecule has 160 valence electrons. The fourth-order valence-electron chi connectivity index (χ4n) is 3.78. The minimum absolute atomic E-state index is 0.0633. The monoisotopic (exact) mass is 419 g/mol. The highest BCUT2D eigenvalue weighted by molar-refractivity contribution is 6.06. The Morgan fingerprint density at radius 3 is 2.65 bits per heavy atom. The van der Waals surface area contributed by atoms with Crippen molar-refractivity contribution < 1.29 is 9.59 Å². The molecule has 0 fully saturated rings. The summed E-state index contributed by atoms with van der Waals surface area (Å²) >= 11 is 0. The summed E-state index contributed by atoms with van der Waals surface area (Å²) < 4.78 is 1.59. The van der Waals surface area contributed by atoms with Gasteiger partial charge in [0.25, 0.3) is 5.56 Å². The fraction of sp³-hybridized carbons (Fsp3) is 0.304. The zero-order valence-corrected chi connectivity index (χ0v) is 18.0. The number of hydrogen-bond acceptors (Lipinski definition) is 5. The number of benzene rings is 2. The molecule has 0 bridgehead atoms. The molecule has 0 saturated carbocycles. The maximum Gasteiger partial charge on any atom is 0.293 e. The largest absolute Gasteiger partial charge is 0.358 e. The second-order valence-electron chi connectivity index (χ2n) is 8.41. The summed E-state index contributed by atoms with van der Waals surface area (Å²) in [7, 11) is 3.54. The van der Waals surface area contributed by atoms with E-state index in [9.17, 15) is 14.4 Å². The van der Waals surface area contributed by atoms with E-state index in [0.717, 1.165) is 11.3 Å². The number of aryl methyl sites for hydroxylation is 1. The molecule has 0 aliphatic carbocycles. The topological polar surface area (TPSA) is 96.3 Å². The van der Waals surface area contributed by atoms with E-state index in [1.165, 1.54) is 0 Å². The van der Waals surface area contributed by atoms with E-state index in [1.807, 2.05) is 44.2 Å². The molecule has 2 N–H and O–H groups in total. The highest BCUT2D eigenvalue weighted by atomic mass is 16.2. The minimum Gasteiger partial charge on any atom is -0.358 e. The van der Waals surface area contributed by atoms with Crippen LogP contribution in [0.4, 0.5) is 17.2 Å². The van der Waals surface area contributed by atoms with Crippen molar-refractivity contribution in [2.75, 3.05) is 29.6 Å². The lowest BCUT2D eigenvalue weighted by Crippen LogP contribution is -2.30. The fourth-order valence-corrected chi connectivity index (χ4v) is 3.78. The van der Waals surface area contributed by atoms with Gasteiger partial charge in [-0.2, -0.15) is 0 Å². The van der Waals surface area contributed by atoms with Gasteiger partial charge in [-0.3, -0.25) is 14.4 Å². The molecule has 4 rings (SSSR count). The number of hydrogen-bond donors (Lipinski definition) is 2. The number of carbonyl (C=O) groups is 2. The number of anilines is 3. The second kappa shape index (κ2) is 7.54. The third-order valence-corrected chi connectivity index (χ3v) is 5.61. The zero-order valence-electron chi connectivity index (χ0n) is 18.0. The van der Waals surface area contributed by atoms with Crippen molar-refractivity contribution in [3.8, 4) is 0 Å². The third kappa shape index (κ3) is 3.65. The normalized spacial score (nSPS) is 14.3. The Kier molecular flexibility index (Phi) is 5.00. The molecule has 8 nitrogen and oxygen atoms in total. The molecular formula is C23H25N5O3. The van der Waals surface area contributed by atoms with Crippen LogP contribution < -0.4 is 21.1 Å². The lowest BCUT2D eigenvalue weighted by atomic mass is 9.86. The quantitative estimate of drug-likeness (QED) is 0.663. The van der Waals surface area contributed by atoms with Gasteiger partial charge in [0, 0.05) is 38.4 Å². The van der Waals surface area contributed by atoms with Gasteiger partial charge in [0.1, 0.15) is 0 Å². The number of rotatable bonds is 5. The lowest BCUT2D eigenvalue weighted by Gasteiger charge is -2.17. The number of nitrogens with zero attached hydrogens (tertiary/aromatic N) is 3. The average molecular weight is 419 g/mol. The predicted molar refractivity (Wildman–Crippen MR) is 122 cm³/mol. The Bertz CT molecular complexity index is 1260. The molecule has 0 radical (unpaired) electrons. The Labute approximate surface area is 179 Å². The van der Waals surface area contributed by atoms with Crippen LogP contribution in [0.2, 0.25) is 0 Å². The Hall–Kier alpha value is -3.68. The van der Waals surface area contributed by atoms with Crippen LogP contribution in [0.1, 0.15) is 25.8 Å². The van der Waals surface area contributed by atoms with Gasteiger partial charge < -0.3 is 20.1 Å². The third-order valence-electron chi connectivity index (χ3n) is 5.61. The van der Waals surface area contributed by atoms with Crippen LogP contribution in [0.5, 0.6) is 0 Å². The molecule has 0 atom stereocenters. The first kappa shape index (κ1) is 20.6. The summed E-state index contributed by atoms with van der Waals surface area (Å²) in [5, 5.41) is 5.73. The van der Waals surface area contributed by atoms with Crippen molar-refractivity contribution in [2.45, 2.75) is 32.2 Å². The van der Waals surface area contributed by atoms with Gasteiger partial charge in [-0.15, -0.1) is 0 Å². The first-order chi connectivity index (χ1) is 14.7. The minimum atomic E-state index is -0.651. The van der Waals surface area contributed by atoms with Crippen LogP contribution in [0.25, 0.3) is 11.0 Å². The number of carbonyl (C=O) groups excluding carboxylic acids is 2. The average Bonchev–Trinajstić information content (AvgIpc) is 2.95. The van der Waals surface area contributed by atoms with E-state index >= 15 is 0 Å². The molecular weight excluding hydrogens is 394 g/mol. The summed E-state index contributed by atoms with van der Waals surface area (Å²) in [5.41, 5.74) is 2.73. The molecule has 2 aromatic carbocycles. The van der Waals surface area contributed by atoms with Gasteiger partial charge in [-0.1, -0.05) is 12.1 Å². The van der Waals surface area contributed by atoms with Gasteiger partial charge in [-0.05, 0) is 49.7 Å². The standard InChI is InChI=1S/C23H25N5O3/c1-23(2)15-13-14(9-10-16(15)26-22(23)31)24-19(29)11-12-28-18-8-6-5-7-17(18)25-20(21(28)30)27(3)4/h5-10,13H,11-12H2,1-4H3,(H,24,29)(H,26,31). The summed E-state index contributed by atoms with van der Waals surface area (Å²) in [5.74, 6) is 0.0537. The zero-order chi connectivity index (χ0) is 22.3. The molecule has 1 aliphatic heterocycles. The summed E-state index contributed by atoms with van der Waals surface area (Å²) in [4.78, 5) is 43.8. The van der Waals surface area contributed by atoms with E-state index in [1.54, 1.807) is 35.7 Å². The predicted octanol–water partition coefficient (Wildman–Crippen LogP) is 2.72. The molecule has 1 aromatic heterocycles. The van der Waals surface area contributed by atoms with Crippen LogP contribution >= 0.6 is 0 Å². The number of aromatic nitrogens is 2. The maximum atomic E-state index is 12.9. The van der Waals surface area contributed by atoms with Gasteiger partial charge in [0.05, 0.1) is 16.4 Å². The van der Waals surface area contributed by atoms with E-state index in [-0.39, 0.29) is 30.3 Å². The van der Waals surface area contributed by atoms with Crippen LogP contribution in [-0.2, 0) is 21.5 Å². The summed E-state index contributed by atoms with van der Waals surface area (Å²) in [6, 6.07) is 12.8. The Morgan fingerprint density at radius 2 is 1.90 bits per heavy atom. The second-order valence-corrected chi connectivity index (χ2v) is 8.41. The van der Waals surface area contributed by atoms with Crippen molar-refractivity contribution in [3.63, 3.8) is 0 Å². The highest BCUT2D eigenvalue weighted by Gasteiger charge is 2.38. The number of fused-ring (bicyclic) bond motifs is 2.